The maximum atomic E-state index is 13.6. The lowest BCUT2D eigenvalue weighted by molar-refractivity contribution is 0.0500. The highest BCUT2D eigenvalue weighted by Crippen LogP contribution is 2.14. The van der Waals surface area contributed by atoms with Crippen molar-refractivity contribution in [2.75, 3.05) is 17.2 Å². The Labute approximate surface area is 146 Å². The lowest BCUT2D eigenvalue weighted by atomic mass is 10.2. The van der Waals surface area contributed by atoms with E-state index in [2.05, 4.69) is 10.6 Å². The van der Waals surface area contributed by atoms with Gasteiger partial charge >= 0.3 is 5.97 Å². The Morgan fingerprint density at radius 2 is 1.83 bits per heavy atom. The van der Waals surface area contributed by atoms with Gasteiger partial charge in [0, 0.05) is 5.69 Å². The average Bonchev–Trinajstić information content (AvgIpc) is 2.58. The van der Waals surface area contributed by atoms with Crippen molar-refractivity contribution in [3.8, 4) is 0 Å². The number of carbonyl (C=O) groups is 1. The normalized spacial score (nSPS) is 10.1. The zero-order valence-electron chi connectivity index (χ0n) is 13.3. The first-order chi connectivity index (χ1) is 11.6. The summed E-state index contributed by atoms with van der Waals surface area (Å²) in [6.07, 6.45) is 1.82. The highest BCUT2D eigenvalue weighted by atomic mass is 32.1. The van der Waals surface area contributed by atoms with Gasteiger partial charge in [-0.2, -0.15) is 0 Å². The monoisotopic (exact) mass is 346 g/mol. The van der Waals surface area contributed by atoms with Gasteiger partial charge in [-0.05, 0) is 55.0 Å². The van der Waals surface area contributed by atoms with E-state index in [1.54, 1.807) is 42.5 Å². The van der Waals surface area contributed by atoms with Crippen LogP contribution < -0.4 is 10.6 Å². The van der Waals surface area contributed by atoms with Crippen molar-refractivity contribution in [3.63, 3.8) is 0 Å². The van der Waals surface area contributed by atoms with E-state index in [9.17, 15) is 9.18 Å². The summed E-state index contributed by atoms with van der Waals surface area (Å²) >= 11 is 5.15. The van der Waals surface area contributed by atoms with Gasteiger partial charge in [-0.1, -0.05) is 25.5 Å². The number of benzene rings is 2. The fourth-order valence-corrected chi connectivity index (χ4v) is 2.16. The lowest BCUT2D eigenvalue weighted by Gasteiger charge is -2.11. The molecule has 0 aliphatic heterocycles. The van der Waals surface area contributed by atoms with Crippen molar-refractivity contribution in [2.45, 2.75) is 19.8 Å². The standard InChI is InChI=1S/C18H19FN2O2S/c1-2-3-12-23-17(22)13-8-10-14(11-9-13)20-18(24)21-16-7-5-4-6-15(16)19/h4-11H,2-3,12H2,1H3,(H2,20,21,24). The third-order valence-corrected chi connectivity index (χ3v) is 3.44. The van der Waals surface area contributed by atoms with E-state index in [1.807, 2.05) is 6.92 Å². The van der Waals surface area contributed by atoms with Gasteiger partial charge in [-0.15, -0.1) is 0 Å². The molecule has 6 heteroatoms. The fraction of sp³-hybridized carbons (Fsp3) is 0.222. The molecule has 2 rings (SSSR count). The molecule has 0 fully saturated rings. The Morgan fingerprint density at radius 1 is 1.12 bits per heavy atom. The summed E-state index contributed by atoms with van der Waals surface area (Å²) < 4.78 is 18.7. The molecule has 0 atom stereocenters. The molecule has 2 aromatic carbocycles. The molecule has 2 N–H and O–H groups in total. The van der Waals surface area contributed by atoms with Crippen LogP contribution in [0.4, 0.5) is 15.8 Å². The number of esters is 1. The number of nitrogens with one attached hydrogen (secondary N) is 2. The van der Waals surface area contributed by atoms with E-state index in [-0.39, 0.29) is 16.9 Å². The van der Waals surface area contributed by atoms with Crippen LogP contribution in [-0.2, 0) is 4.74 Å². The minimum absolute atomic E-state index is 0.262. The molecular formula is C18H19FN2O2S. The third kappa shape index (κ3) is 5.31. The largest absolute Gasteiger partial charge is 0.462 e. The SMILES string of the molecule is CCCCOC(=O)c1ccc(NC(=S)Nc2ccccc2F)cc1. The van der Waals surface area contributed by atoms with Crippen molar-refractivity contribution >= 4 is 34.7 Å². The minimum Gasteiger partial charge on any atom is -0.462 e. The van der Waals surface area contributed by atoms with Crippen LogP contribution in [-0.4, -0.2) is 17.7 Å². The van der Waals surface area contributed by atoms with Gasteiger partial charge in [-0.25, -0.2) is 9.18 Å². The molecule has 0 saturated carbocycles. The summed E-state index contributed by atoms with van der Waals surface area (Å²) in [7, 11) is 0. The smallest absolute Gasteiger partial charge is 0.338 e. The molecule has 0 radical (unpaired) electrons. The topological polar surface area (TPSA) is 50.4 Å². The predicted octanol–water partition coefficient (Wildman–Crippen LogP) is 4.59. The summed E-state index contributed by atoms with van der Waals surface area (Å²) in [5, 5.41) is 5.98. The number of unbranched alkanes of at least 4 members (excludes halogenated alkanes) is 1. The third-order valence-electron chi connectivity index (χ3n) is 3.23. The molecule has 0 spiro atoms. The zero-order valence-corrected chi connectivity index (χ0v) is 14.2. The van der Waals surface area contributed by atoms with Crippen molar-refractivity contribution in [3.05, 3.63) is 59.9 Å². The first-order valence-electron chi connectivity index (χ1n) is 7.70. The Bertz CT molecular complexity index is 704. The van der Waals surface area contributed by atoms with Crippen LogP contribution in [0.25, 0.3) is 0 Å². The summed E-state index contributed by atoms with van der Waals surface area (Å²) in [6.45, 7) is 2.46. The van der Waals surface area contributed by atoms with Crippen molar-refractivity contribution in [2.24, 2.45) is 0 Å². The molecule has 0 bridgehead atoms. The Kier molecular flexibility index (Phi) is 6.69. The molecule has 0 aliphatic carbocycles. The van der Waals surface area contributed by atoms with Crippen LogP contribution in [0.15, 0.2) is 48.5 Å². The summed E-state index contributed by atoms with van der Waals surface area (Å²) in [5.74, 6) is -0.728. The molecule has 0 aromatic heterocycles. The molecule has 2 aromatic rings. The number of hydrogen-bond donors (Lipinski definition) is 2. The van der Waals surface area contributed by atoms with E-state index in [4.69, 9.17) is 17.0 Å². The number of halogens is 1. The average molecular weight is 346 g/mol. The second kappa shape index (κ2) is 8.98. The molecule has 24 heavy (non-hydrogen) atoms. The van der Waals surface area contributed by atoms with Crippen LogP contribution in [0.5, 0.6) is 0 Å². The van der Waals surface area contributed by atoms with Gasteiger partial charge in [0.25, 0.3) is 0 Å². The van der Waals surface area contributed by atoms with E-state index in [0.29, 0.717) is 23.5 Å². The molecule has 0 aliphatic rings. The van der Waals surface area contributed by atoms with E-state index in [1.165, 1.54) is 6.07 Å². The van der Waals surface area contributed by atoms with Gasteiger partial charge in [0.15, 0.2) is 5.11 Å². The number of ether oxygens (including phenoxy) is 1. The van der Waals surface area contributed by atoms with Crippen LogP contribution in [0.2, 0.25) is 0 Å². The van der Waals surface area contributed by atoms with Crippen LogP contribution in [0.3, 0.4) is 0 Å². The highest BCUT2D eigenvalue weighted by molar-refractivity contribution is 7.80. The Morgan fingerprint density at radius 3 is 2.50 bits per heavy atom. The molecule has 4 nitrogen and oxygen atoms in total. The van der Waals surface area contributed by atoms with Gasteiger partial charge in [0.2, 0.25) is 0 Å². The van der Waals surface area contributed by atoms with Crippen LogP contribution in [0, 0.1) is 5.82 Å². The Hall–Kier alpha value is -2.47. The first-order valence-corrected chi connectivity index (χ1v) is 8.10. The summed E-state index contributed by atoms with van der Waals surface area (Å²) in [5.41, 5.74) is 1.46. The Balaban J connectivity index is 1.90. The van der Waals surface area contributed by atoms with E-state index < -0.39 is 0 Å². The van der Waals surface area contributed by atoms with Crippen molar-refractivity contribution in [1.82, 2.24) is 0 Å². The second-order valence-corrected chi connectivity index (χ2v) is 5.53. The van der Waals surface area contributed by atoms with Crippen LogP contribution in [0.1, 0.15) is 30.1 Å². The van der Waals surface area contributed by atoms with Gasteiger partial charge < -0.3 is 15.4 Å². The highest BCUT2D eigenvalue weighted by Gasteiger charge is 2.07. The first kappa shape index (κ1) is 17.9. The maximum absolute atomic E-state index is 13.6. The predicted molar refractivity (Wildman–Crippen MR) is 97.9 cm³/mol. The number of thiocarbonyl (C=S) groups is 1. The molecular weight excluding hydrogens is 327 g/mol. The molecule has 0 heterocycles. The summed E-state index contributed by atoms with van der Waals surface area (Å²) in [4.78, 5) is 11.8. The van der Waals surface area contributed by atoms with Crippen LogP contribution >= 0.6 is 12.2 Å². The molecule has 0 saturated heterocycles. The van der Waals surface area contributed by atoms with Crippen molar-refractivity contribution in [1.29, 1.82) is 0 Å². The zero-order chi connectivity index (χ0) is 17.4. The molecule has 0 unspecified atom stereocenters. The quantitative estimate of drug-likeness (QED) is 0.455. The van der Waals surface area contributed by atoms with Crippen molar-refractivity contribution < 1.29 is 13.9 Å². The summed E-state index contributed by atoms with van der Waals surface area (Å²) in [6, 6.07) is 13.0. The molecule has 126 valence electrons. The number of hydrogen-bond acceptors (Lipinski definition) is 3. The fourth-order valence-electron chi connectivity index (χ4n) is 1.93. The second-order valence-electron chi connectivity index (χ2n) is 5.13. The van der Waals surface area contributed by atoms with E-state index >= 15 is 0 Å². The van der Waals surface area contributed by atoms with Gasteiger partial charge in [0.05, 0.1) is 17.9 Å². The number of rotatable bonds is 6. The number of anilines is 2. The minimum atomic E-state index is -0.383. The van der Waals surface area contributed by atoms with Gasteiger partial charge in [0.1, 0.15) is 5.82 Å². The van der Waals surface area contributed by atoms with Gasteiger partial charge in [-0.3, -0.25) is 0 Å². The molecule has 0 amide bonds. The maximum Gasteiger partial charge on any atom is 0.338 e. The number of carbonyl (C=O) groups excluding carboxylic acids is 1. The number of para-hydroxylation sites is 1. The van der Waals surface area contributed by atoms with E-state index in [0.717, 1.165) is 12.8 Å². The lowest BCUT2D eigenvalue weighted by Crippen LogP contribution is -2.19.